The van der Waals surface area contributed by atoms with Gasteiger partial charge in [-0.05, 0) is 31.8 Å². The molecule has 0 atom stereocenters. The van der Waals surface area contributed by atoms with Crippen LogP contribution in [0.25, 0.3) is 0 Å². The van der Waals surface area contributed by atoms with E-state index >= 15 is 0 Å². The molecule has 2 fully saturated rings. The van der Waals surface area contributed by atoms with E-state index in [0.717, 1.165) is 37.4 Å². The lowest BCUT2D eigenvalue weighted by atomic mass is 9.98. The Morgan fingerprint density at radius 2 is 1.68 bits per heavy atom. The number of nitrogens with one attached hydrogen (secondary N) is 1. The first-order valence-electron chi connectivity index (χ1n) is 7.18. The van der Waals surface area contributed by atoms with Crippen molar-refractivity contribution in [1.82, 2.24) is 13.9 Å². The molecule has 2 aliphatic heterocycles. The van der Waals surface area contributed by atoms with E-state index in [0.29, 0.717) is 32.1 Å². The number of nitrogens with zero attached hydrogens (tertiary/aromatic N) is 2. The summed E-state index contributed by atoms with van der Waals surface area (Å²) in [5.41, 5.74) is 0. The van der Waals surface area contributed by atoms with Gasteiger partial charge in [0.2, 0.25) is 0 Å². The number of piperidine rings is 1. The topological polar surface area (TPSA) is 52.7 Å². The Labute approximate surface area is 121 Å². The highest BCUT2D eigenvalue weighted by Crippen LogP contribution is 2.22. The van der Waals surface area contributed by atoms with Crippen LogP contribution in [0.4, 0.5) is 0 Å². The van der Waals surface area contributed by atoms with Gasteiger partial charge in [0.1, 0.15) is 0 Å². The highest BCUT2D eigenvalue weighted by Gasteiger charge is 2.33. The van der Waals surface area contributed by atoms with Crippen LogP contribution in [0.1, 0.15) is 19.8 Å². The molecule has 2 rings (SSSR count). The zero-order chi connectivity index (χ0) is 13.7. The molecule has 0 aliphatic carbocycles. The molecule has 0 saturated carbocycles. The maximum Gasteiger partial charge on any atom is 0.282 e. The molecule has 0 radical (unpaired) electrons. The second kappa shape index (κ2) is 7.26. The summed E-state index contributed by atoms with van der Waals surface area (Å²) in [6.07, 6.45) is 1.96. The minimum Gasteiger partial charge on any atom is -0.317 e. The van der Waals surface area contributed by atoms with E-state index < -0.39 is 10.2 Å². The Bertz CT molecular complexity index is 361. The van der Waals surface area contributed by atoms with Crippen molar-refractivity contribution >= 4 is 22.0 Å². The molecule has 112 valence electrons. The van der Waals surface area contributed by atoms with E-state index in [2.05, 4.69) is 12.2 Å². The Morgan fingerprint density at radius 3 is 2.26 bits per heavy atom. The first-order chi connectivity index (χ1) is 9.14. The van der Waals surface area contributed by atoms with Gasteiger partial charge in [-0.2, -0.15) is 28.8 Å². The lowest BCUT2D eigenvalue weighted by Gasteiger charge is -2.36. The fraction of sp³-hybridized carbons (Fsp3) is 1.00. The molecule has 0 aromatic heterocycles. The highest BCUT2D eigenvalue weighted by atomic mass is 32.2. The van der Waals surface area contributed by atoms with Crippen molar-refractivity contribution < 1.29 is 8.42 Å². The maximum absolute atomic E-state index is 12.5. The van der Waals surface area contributed by atoms with Gasteiger partial charge in [0.25, 0.3) is 10.2 Å². The first kappa shape index (κ1) is 15.6. The predicted octanol–water partition coefficient (Wildman–Crippen LogP) is 0.602. The summed E-state index contributed by atoms with van der Waals surface area (Å²) in [6, 6.07) is 0. The molecular weight excluding hydrogens is 282 g/mol. The van der Waals surface area contributed by atoms with E-state index in [1.807, 2.05) is 11.8 Å². The highest BCUT2D eigenvalue weighted by molar-refractivity contribution is 7.99. The summed E-state index contributed by atoms with van der Waals surface area (Å²) in [5.74, 6) is 2.48. The third-order valence-corrected chi connectivity index (χ3v) is 6.86. The summed E-state index contributed by atoms with van der Waals surface area (Å²) >= 11 is 1.84. The largest absolute Gasteiger partial charge is 0.317 e. The fourth-order valence-corrected chi connectivity index (χ4v) is 5.41. The van der Waals surface area contributed by atoms with Crippen LogP contribution in [0.3, 0.4) is 0 Å². The van der Waals surface area contributed by atoms with Crippen LogP contribution < -0.4 is 5.32 Å². The van der Waals surface area contributed by atoms with Crippen LogP contribution in [0.2, 0.25) is 0 Å². The standard InChI is InChI=1S/C12H25N3O2S2/c1-2-13-11-12-3-5-14(6-4-12)19(16,17)15-7-9-18-10-8-15/h12-13H,2-11H2,1H3. The van der Waals surface area contributed by atoms with E-state index in [-0.39, 0.29) is 0 Å². The van der Waals surface area contributed by atoms with Crippen LogP contribution in [-0.2, 0) is 10.2 Å². The van der Waals surface area contributed by atoms with Crippen LogP contribution in [-0.4, -0.2) is 67.8 Å². The number of thioether (sulfide) groups is 1. The molecule has 0 aromatic rings. The van der Waals surface area contributed by atoms with Crippen molar-refractivity contribution in [3.8, 4) is 0 Å². The second-order valence-electron chi connectivity index (χ2n) is 5.17. The van der Waals surface area contributed by atoms with Gasteiger partial charge in [0.05, 0.1) is 0 Å². The Morgan fingerprint density at radius 1 is 1.11 bits per heavy atom. The molecule has 2 saturated heterocycles. The monoisotopic (exact) mass is 307 g/mol. The maximum atomic E-state index is 12.5. The zero-order valence-corrected chi connectivity index (χ0v) is 13.3. The van der Waals surface area contributed by atoms with E-state index in [1.165, 1.54) is 0 Å². The minimum atomic E-state index is -3.20. The van der Waals surface area contributed by atoms with Gasteiger partial charge in [-0.25, -0.2) is 0 Å². The van der Waals surface area contributed by atoms with Crippen molar-refractivity contribution in [2.75, 3.05) is 50.8 Å². The molecule has 7 heteroatoms. The van der Waals surface area contributed by atoms with E-state index in [9.17, 15) is 8.42 Å². The summed E-state index contributed by atoms with van der Waals surface area (Å²) in [4.78, 5) is 0. The minimum absolute atomic E-state index is 0.628. The molecule has 1 N–H and O–H groups in total. The average molecular weight is 307 g/mol. The van der Waals surface area contributed by atoms with Gasteiger partial charge >= 0.3 is 0 Å². The molecule has 2 aliphatic rings. The lowest BCUT2D eigenvalue weighted by molar-refractivity contribution is 0.252. The Kier molecular flexibility index (Phi) is 5.95. The van der Waals surface area contributed by atoms with Gasteiger partial charge in [-0.3, -0.25) is 0 Å². The van der Waals surface area contributed by atoms with Crippen LogP contribution in [0.15, 0.2) is 0 Å². The summed E-state index contributed by atoms with van der Waals surface area (Å²) in [5, 5.41) is 3.35. The smallest absolute Gasteiger partial charge is 0.282 e. The second-order valence-corrected chi connectivity index (χ2v) is 8.32. The zero-order valence-electron chi connectivity index (χ0n) is 11.7. The van der Waals surface area contributed by atoms with Gasteiger partial charge < -0.3 is 5.32 Å². The summed E-state index contributed by atoms with van der Waals surface area (Å²) in [6.45, 7) is 6.82. The van der Waals surface area contributed by atoms with Gasteiger partial charge in [-0.15, -0.1) is 0 Å². The van der Waals surface area contributed by atoms with Crippen molar-refractivity contribution in [2.45, 2.75) is 19.8 Å². The van der Waals surface area contributed by atoms with Crippen molar-refractivity contribution in [2.24, 2.45) is 5.92 Å². The Hall–Kier alpha value is 0.180. The van der Waals surface area contributed by atoms with E-state index in [1.54, 1.807) is 8.61 Å². The normalized spacial score (nSPS) is 24.7. The van der Waals surface area contributed by atoms with Crippen molar-refractivity contribution in [1.29, 1.82) is 0 Å². The molecule has 19 heavy (non-hydrogen) atoms. The molecule has 0 amide bonds. The lowest BCUT2D eigenvalue weighted by Crippen LogP contribution is -2.50. The molecule has 5 nitrogen and oxygen atoms in total. The average Bonchev–Trinajstić information content (AvgIpc) is 2.46. The molecule has 0 unspecified atom stereocenters. The number of hydrogen-bond acceptors (Lipinski definition) is 4. The molecule has 0 bridgehead atoms. The van der Waals surface area contributed by atoms with Gasteiger partial charge in [0.15, 0.2) is 0 Å². The van der Waals surface area contributed by atoms with Crippen molar-refractivity contribution in [3.63, 3.8) is 0 Å². The molecular formula is C12H25N3O2S2. The quantitative estimate of drug-likeness (QED) is 0.808. The van der Waals surface area contributed by atoms with Crippen LogP contribution in [0, 0.1) is 5.92 Å². The van der Waals surface area contributed by atoms with Crippen LogP contribution >= 0.6 is 11.8 Å². The van der Waals surface area contributed by atoms with Crippen LogP contribution in [0.5, 0.6) is 0 Å². The van der Waals surface area contributed by atoms with E-state index in [4.69, 9.17) is 0 Å². The SMILES string of the molecule is CCNCC1CCN(S(=O)(=O)N2CCSCC2)CC1. The summed E-state index contributed by atoms with van der Waals surface area (Å²) < 4.78 is 28.3. The molecule has 0 spiro atoms. The molecule has 0 aromatic carbocycles. The van der Waals surface area contributed by atoms with Gasteiger partial charge in [-0.1, -0.05) is 6.92 Å². The fourth-order valence-electron chi connectivity index (χ4n) is 2.63. The third-order valence-electron chi connectivity index (χ3n) is 3.88. The predicted molar refractivity (Wildman–Crippen MR) is 80.7 cm³/mol. The Balaban J connectivity index is 1.85. The number of rotatable bonds is 5. The first-order valence-corrected chi connectivity index (χ1v) is 9.73. The summed E-state index contributed by atoms with van der Waals surface area (Å²) in [7, 11) is -3.20. The molecule has 2 heterocycles. The van der Waals surface area contributed by atoms with Crippen molar-refractivity contribution in [3.05, 3.63) is 0 Å². The number of hydrogen-bond donors (Lipinski definition) is 1. The van der Waals surface area contributed by atoms with Gasteiger partial charge in [0, 0.05) is 37.7 Å². The third kappa shape index (κ3) is 4.07.